The lowest BCUT2D eigenvalue weighted by atomic mass is 10.0. The minimum atomic E-state index is -0.287. The van der Waals surface area contributed by atoms with E-state index in [0.29, 0.717) is 17.8 Å². The number of aromatic nitrogens is 1. The summed E-state index contributed by atoms with van der Waals surface area (Å²) in [4.78, 5) is 18.4. The summed E-state index contributed by atoms with van der Waals surface area (Å²) in [7, 11) is 2.18. The van der Waals surface area contributed by atoms with Crippen molar-refractivity contribution in [3.8, 4) is 0 Å². The number of esters is 1. The summed E-state index contributed by atoms with van der Waals surface area (Å²) >= 11 is 0. The number of rotatable bonds is 2. The lowest BCUT2D eigenvalue weighted by Gasteiger charge is -2.35. The van der Waals surface area contributed by atoms with Crippen LogP contribution in [0.2, 0.25) is 0 Å². The van der Waals surface area contributed by atoms with E-state index < -0.39 is 0 Å². The highest BCUT2D eigenvalue weighted by molar-refractivity contribution is 5.87. The summed E-state index contributed by atoms with van der Waals surface area (Å²) in [6.45, 7) is 0. The molecule has 3 rings (SSSR count). The Morgan fingerprint density at radius 2 is 2.06 bits per heavy atom. The average Bonchev–Trinajstić information content (AvgIpc) is 2.63. The molecule has 2 saturated heterocycles. The first-order valence-electron chi connectivity index (χ1n) is 6.58. The Bertz CT molecular complexity index is 421. The van der Waals surface area contributed by atoms with Gasteiger partial charge >= 0.3 is 5.97 Å². The molecule has 2 bridgehead atoms. The van der Waals surface area contributed by atoms with E-state index in [0.717, 1.165) is 12.8 Å². The number of fused-ring (bicyclic) bond motifs is 2. The van der Waals surface area contributed by atoms with Gasteiger partial charge in [0.05, 0.1) is 0 Å². The molecule has 0 radical (unpaired) electrons. The molecule has 0 saturated carbocycles. The van der Waals surface area contributed by atoms with Crippen molar-refractivity contribution in [2.45, 2.75) is 43.9 Å². The van der Waals surface area contributed by atoms with Gasteiger partial charge < -0.3 is 9.64 Å². The van der Waals surface area contributed by atoms with Gasteiger partial charge in [-0.15, -0.1) is 0 Å². The van der Waals surface area contributed by atoms with Crippen LogP contribution in [0.15, 0.2) is 24.4 Å². The maximum absolute atomic E-state index is 11.9. The van der Waals surface area contributed by atoms with Crippen LogP contribution in [0.1, 0.15) is 36.2 Å². The lowest BCUT2D eigenvalue weighted by Crippen LogP contribution is -2.43. The Balaban J connectivity index is 1.63. The molecule has 3 heterocycles. The topological polar surface area (TPSA) is 42.4 Å². The maximum atomic E-state index is 11.9. The third-order valence-electron chi connectivity index (χ3n) is 4.20. The minimum Gasteiger partial charge on any atom is -0.458 e. The van der Waals surface area contributed by atoms with Crippen LogP contribution in [0.4, 0.5) is 0 Å². The van der Waals surface area contributed by atoms with Gasteiger partial charge in [-0.3, -0.25) is 0 Å². The summed E-state index contributed by atoms with van der Waals surface area (Å²) in [5, 5.41) is 0. The average molecular weight is 246 g/mol. The molecule has 2 aliphatic rings. The van der Waals surface area contributed by atoms with Crippen molar-refractivity contribution < 1.29 is 9.53 Å². The molecule has 1 unspecified atom stereocenters. The van der Waals surface area contributed by atoms with Crippen molar-refractivity contribution >= 4 is 5.97 Å². The largest absolute Gasteiger partial charge is 0.458 e. The molecule has 3 atom stereocenters. The third-order valence-corrected chi connectivity index (χ3v) is 4.20. The van der Waals surface area contributed by atoms with Gasteiger partial charge in [0, 0.05) is 31.1 Å². The lowest BCUT2D eigenvalue weighted by molar-refractivity contribution is -0.000982. The predicted octanol–water partition coefficient (Wildman–Crippen LogP) is 1.86. The fourth-order valence-corrected chi connectivity index (χ4v) is 3.15. The molecule has 2 fully saturated rings. The van der Waals surface area contributed by atoms with Gasteiger partial charge in [-0.25, -0.2) is 9.78 Å². The van der Waals surface area contributed by atoms with Crippen molar-refractivity contribution in [2.24, 2.45) is 0 Å². The van der Waals surface area contributed by atoms with E-state index in [9.17, 15) is 4.79 Å². The standard InChI is InChI=1S/C14H18N2O2/c1-16-10-5-6-11(16)9-12(8-10)18-14(17)13-4-2-3-7-15-13/h2-4,7,10-12H,5-6,8-9H2,1H3/t10-,11+,12?. The van der Waals surface area contributed by atoms with Crippen molar-refractivity contribution in [1.82, 2.24) is 9.88 Å². The van der Waals surface area contributed by atoms with Crippen LogP contribution in [-0.4, -0.2) is 41.1 Å². The quantitative estimate of drug-likeness (QED) is 0.747. The summed E-state index contributed by atoms with van der Waals surface area (Å²) in [5.41, 5.74) is 0.406. The third kappa shape index (κ3) is 2.12. The molecule has 18 heavy (non-hydrogen) atoms. The van der Waals surface area contributed by atoms with Gasteiger partial charge in [0.2, 0.25) is 0 Å². The molecular formula is C14H18N2O2. The van der Waals surface area contributed by atoms with E-state index in [1.165, 1.54) is 12.8 Å². The number of nitrogens with zero attached hydrogens (tertiary/aromatic N) is 2. The van der Waals surface area contributed by atoms with E-state index in [2.05, 4.69) is 16.9 Å². The molecule has 2 aliphatic heterocycles. The van der Waals surface area contributed by atoms with Crippen LogP contribution in [0.5, 0.6) is 0 Å². The number of pyridine rings is 1. The zero-order valence-electron chi connectivity index (χ0n) is 10.6. The molecule has 0 aliphatic carbocycles. The molecule has 4 nitrogen and oxygen atoms in total. The van der Waals surface area contributed by atoms with Crippen molar-refractivity contribution in [1.29, 1.82) is 0 Å². The van der Waals surface area contributed by atoms with Crippen LogP contribution in [-0.2, 0) is 4.74 Å². The Morgan fingerprint density at radius 3 is 2.67 bits per heavy atom. The van der Waals surface area contributed by atoms with E-state index >= 15 is 0 Å². The molecular weight excluding hydrogens is 228 g/mol. The molecule has 0 aromatic carbocycles. The van der Waals surface area contributed by atoms with Gasteiger partial charge in [0.15, 0.2) is 0 Å². The number of carbonyl (C=O) groups excluding carboxylic acids is 1. The van der Waals surface area contributed by atoms with Crippen LogP contribution in [0, 0.1) is 0 Å². The van der Waals surface area contributed by atoms with Crippen LogP contribution >= 0.6 is 0 Å². The molecule has 1 aromatic heterocycles. The first-order valence-corrected chi connectivity index (χ1v) is 6.58. The first-order chi connectivity index (χ1) is 8.74. The van der Waals surface area contributed by atoms with Gasteiger partial charge in [-0.2, -0.15) is 0 Å². The highest BCUT2D eigenvalue weighted by atomic mass is 16.5. The SMILES string of the molecule is CN1[C@@H]2CC[C@H]1CC(OC(=O)c1ccccn1)C2. The van der Waals surface area contributed by atoms with Crippen molar-refractivity contribution in [3.05, 3.63) is 30.1 Å². The fourth-order valence-electron chi connectivity index (χ4n) is 3.15. The number of hydrogen-bond acceptors (Lipinski definition) is 4. The normalized spacial score (nSPS) is 31.3. The second-order valence-electron chi connectivity index (χ2n) is 5.26. The fraction of sp³-hybridized carbons (Fsp3) is 0.571. The zero-order valence-corrected chi connectivity index (χ0v) is 10.6. The molecule has 1 aromatic rings. The van der Waals surface area contributed by atoms with Crippen LogP contribution < -0.4 is 0 Å². The smallest absolute Gasteiger partial charge is 0.357 e. The number of piperidine rings is 1. The molecule has 0 spiro atoms. The van der Waals surface area contributed by atoms with Crippen molar-refractivity contribution in [2.75, 3.05) is 7.05 Å². The maximum Gasteiger partial charge on any atom is 0.357 e. The highest BCUT2D eigenvalue weighted by Gasteiger charge is 2.39. The summed E-state index contributed by atoms with van der Waals surface area (Å²) in [6.07, 6.45) is 6.08. The second-order valence-corrected chi connectivity index (χ2v) is 5.26. The Morgan fingerprint density at radius 1 is 1.33 bits per heavy atom. The van der Waals surface area contributed by atoms with Crippen molar-refractivity contribution in [3.63, 3.8) is 0 Å². The van der Waals surface area contributed by atoms with Crippen LogP contribution in [0.3, 0.4) is 0 Å². The van der Waals surface area contributed by atoms with E-state index in [1.54, 1.807) is 18.3 Å². The number of hydrogen-bond donors (Lipinski definition) is 0. The van der Waals surface area contributed by atoms with Gasteiger partial charge in [-0.05, 0) is 32.0 Å². The summed E-state index contributed by atoms with van der Waals surface area (Å²) in [5.74, 6) is -0.287. The van der Waals surface area contributed by atoms with Crippen LogP contribution in [0.25, 0.3) is 0 Å². The molecule has 0 N–H and O–H groups in total. The summed E-state index contributed by atoms with van der Waals surface area (Å²) < 4.78 is 5.58. The Kier molecular flexibility index (Phi) is 3.04. The monoisotopic (exact) mass is 246 g/mol. The zero-order chi connectivity index (χ0) is 12.5. The molecule has 4 heteroatoms. The second kappa shape index (κ2) is 4.69. The minimum absolute atomic E-state index is 0.0632. The highest BCUT2D eigenvalue weighted by Crippen LogP contribution is 2.35. The summed E-state index contributed by atoms with van der Waals surface area (Å²) in [6, 6.07) is 6.48. The number of ether oxygens (including phenoxy) is 1. The van der Waals surface area contributed by atoms with Gasteiger partial charge in [0.25, 0.3) is 0 Å². The van der Waals surface area contributed by atoms with E-state index in [1.807, 2.05) is 6.07 Å². The Labute approximate surface area is 107 Å². The van der Waals surface area contributed by atoms with Gasteiger partial charge in [0.1, 0.15) is 11.8 Å². The van der Waals surface area contributed by atoms with E-state index in [-0.39, 0.29) is 12.1 Å². The predicted molar refractivity (Wildman–Crippen MR) is 67.2 cm³/mol. The molecule has 0 amide bonds. The first kappa shape index (κ1) is 11.7. The number of carbonyl (C=O) groups is 1. The van der Waals surface area contributed by atoms with Gasteiger partial charge in [-0.1, -0.05) is 6.07 Å². The Hall–Kier alpha value is -1.42. The van der Waals surface area contributed by atoms with E-state index in [4.69, 9.17) is 4.74 Å². The molecule has 96 valence electrons.